The lowest BCUT2D eigenvalue weighted by Gasteiger charge is -2.02. The summed E-state index contributed by atoms with van der Waals surface area (Å²) in [5.74, 6) is -0.432. The summed E-state index contributed by atoms with van der Waals surface area (Å²) in [6, 6.07) is 3.20. The fourth-order valence-electron chi connectivity index (χ4n) is 1.00. The Balaban J connectivity index is 2.94. The van der Waals surface area contributed by atoms with Crippen molar-refractivity contribution in [3.05, 3.63) is 23.5 Å². The highest BCUT2D eigenvalue weighted by Crippen LogP contribution is 2.07. The van der Waals surface area contributed by atoms with Gasteiger partial charge in [0.2, 0.25) is 0 Å². The summed E-state index contributed by atoms with van der Waals surface area (Å²) >= 11 is 0. The molecule has 0 aliphatic rings. The first-order chi connectivity index (χ1) is 6.13. The summed E-state index contributed by atoms with van der Waals surface area (Å²) in [6.07, 6.45) is 0. The van der Waals surface area contributed by atoms with Gasteiger partial charge in [-0.25, -0.2) is 9.78 Å². The van der Waals surface area contributed by atoms with Crippen molar-refractivity contribution < 1.29 is 9.53 Å². The van der Waals surface area contributed by atoms with Gasteiger partial charge in [-0.1, -0.05) is 0 Å². The fraction of sp³-hybridized carbons (Fsp3) is 0.333. The van der Waals surface area contributed by atoms with Gasteiger partial charge in [-0.15, -0.1) is 0 Å². The molecule has 0 bridgehead atoms. The fourth-order valence-corrected chi connectivity index (χ4v) is 1.00. The maximum absolute atomic E-state index is 11.2. The van der Waals surface area contributed by atoms with Crippen LogP contribution < -0.4 is 5.73 Å². The standard InChI is InChI=1S/C9H12N2O2/c1-3-13-9(12)8-5-7(10)4-6(2)11-8/h4-5H,3H2,1-2H3,(H2,10,11). The molecule has 13 heavy (non-hydrogen) atoms. The molecule has 0 saturated heterocycles. The topological polar surface area (TPSA) is 65.2 Å². The number of nitrogens with zero attached hydrogens (tertiary/aromatic N) is 1. The Labute approximate surface area is 76.7 Å². The Morgan fingerprint density at radius 2 is 2.31 bits per heavy atom. The molecule has 0 aromatic carbocycles. The van der Waals surface area contributed by atoms with E-state index in [1.807, 2.05) is 0 Å². The van der Waals surface area contributed by atoms with Crippen LogP contribution >= 0.6 is 0 Å². The van der Waals surface area contributed by atoms with Gasteiger partial charge in [0, 0.05) is 11.4 Å². The number of hydrogen-bond donors (Lipinski definition) is 1. The summed E-state index contributed by atoms with van der Waals surface area (Å²) in [5, 5.41) is 0. The van der Waals surface area contributed by atoms with Crippen molar-refractivity contribution in [3.63, 3.8) is 0 Å². The Kier molecular flexibility index (Phi) is 2.84. The summed E-state index contributed by atoms with van der Waals surface area (Å²) in [5.41, 5.74) is 7.04. The molecule has 0 spiro atoms. The van der Waals surface area contributed by atoms with Crippen LogP contribution in [0.5, 0.6) is 0 Å². The molecule has 0 unspecified atom stereocenters. The number of pyridine rings is 1. The Morgan fingerprint density at radius 3 is 2.85 bits per heavy atom. The lowest BCUT2D eigenvalue weighted by Crippen LogP contribution is -2.08. The molecule has 0 fully saturated rings. The van der Waals surface area contributed by atoms with E-state index in [-0.39, 0.29) is 5.69 Å². The van der Waals surface area contributed by atoms with E-state index in [0.29, 0.717) is 18.0 Å². The third-order valence-corrected chi connectivity index (χ3v) is 1.46. The number of nitrogen functional groups attached to an aromatic ring is 1. The number of nitrogens with two attached hydrogens (primary N) is 1. The molecule has 0 aliphatic heterocycles. The molecule has 4 nitrogen and oxygen atoms in total. The first-order valence-corrected chi connectivity index (χ1v) is 4.04. The monoisotopic (exact) mass is 180 g/mol. The number of carbonyl (C=O) groups is 1. The minimum atomic E-state index is -0.432. The average molecular weight is 180 g/mol. The maximum atomic E-state index is 11.2. The van der Waals surface area contributed by atoms with E-state index >= 15 is 0 Å². The number of esters is 1. The quantitative estimate of drug-likeness (QED) is 0.693. The summed E-state index contributed by atoms with van der Waals surface area (Å²) < 4.78 is 4.78. The predicted octanol–water partition coefficient (Wildman–Crippen LogP) is 1.15. The molecular weight excluding hydrogens is 168 g/mol. The van der Waals surface area contributed by atoms with Crippen LogP contribution in [0.2, 0.25) is 0 Å². The number of ether oxygens (including phenoxy) is 1. The molecular formula is C9H12N2O2. The number of carbonyl (C=O) groups excluding carboxylic acids is 1. The third-order valence-electron chi connectivity index (χ3n) is 1.46. The van der Waals surface area contributed by atoms with Crippen LogP contribution in [0.1, 0.15) is 23.1 Å². The van der Waals surface area contributed by atoms with Gasteiger partial charge in [0.25, 0.3) is 0 Å². The second-order valence-corrected chi connectivity index (χ2v) is 2.65. The second-order valence-electron chi connectivity index (χ2n) is 2.65. The molecule has 4 heteroatoms. The van der Waals surface area contributed by atoms with Crippen LogP contribution in [0.15, 0.2) is 12.1 Å². The van der Waals surface area contributed by atoms with E-state index in [4.69, 9.17) is 10.5 Å². The van der Waals surface area contributed by atoms with Crippen molar-refractivity contribution in [2.45, 2.75) is 13.8 Å². The molecule has 0 saturated carbocycles. The van der Waals surface area contributed by atoms with E-state index in [0.717, 1.165) is 0 Å². The van der Waals surface area contributed by atoms with Crippen LogP contribution in [0.3, 0.4) is 0 Å². The highest BCUT2D eigenvalue weighted by atomic mass is 16.5. The van der Waals surface area contributed by atoms with Gasteiger partial charge in [-0.2, -0.15) is 0 Å². The van der Waals surface area contributed by atoms with Crippen molar-refractivity contribution >= 4 is 11.7 Å². The van der Waals surface area contributed by atoms with Crippen LogP contribution in [0.25, 0.3) is 0 Å². The van der Waals surface area contributed by atoms with Gasteiger partial charge in [0.05, 0.1) is 6.61 Å². The largest absolute Gasteiger partial charge is 0.461 e. The maximum Gasteiger partial charge on any atom is 0.356 e. The van der Waals surface area contributed by atoms with Gasteiger partial charge < -0.3 is 10.5 Å². The molecule has 1 rings (SSSR count). The highest BCUT2D eigenvalue weighted by molar-refractivity contribution is 5.88. The van der Waals surface area contributed by atoms with Crippen LogP contribution in [-0.2, 0) is 4.74 Å². The molecule has 2 N–H and O–H groups in total. The smallest absolute Gasteiger partial charge is 0.356 e. The van der Waals surface area contributed by atoms with Gasteiger partial charge in [-0.05, 0) is 26.0 Å². The van der Waals surface area contributed by atoms with Crippen LogP contribution in [0.4, 0.5) is 5.69 Å². The van der Waals surface area contributed by atoms with Crippen molar-refractivity contribution in [1.82, 2.24) is 4.98 Å². The van der Waals surface area contributed by atoms with Gasteiger partial charge >= 0.3 is 5.97 Å². The highest BCUT2D eigenvalue weighted by Gasteiger charge is 2.08. The molecule has 1 heterocycles. The zero-order chi connectivity index (χ0) is 9.84. The molecule has 0 radical (unpaired) electrons. The average Bonchev–Trinajstić information content (AvgIpc) is 2.03. The Morgan fingerprint density at radius 1 is 1.62 bits per heavy atom. The van der Waals surface area contributed by atoms with Crippen molar-refractivity contribution in [2.75, 3.05) is 12.3 Å². The minimum Gasteiger partial charge on any atom is -0.461 e. The molecule has 70 valence electrons. The summed E-state index contributed by atoms with van der Waals surface area (Å²) in [6.45, 7) is 3.87. The number of aromatic nitrogens is 1. The van der Waals surface area contributed by atoms with Crippen LogP contribution in [-0.4, -0.2) is 17.6 Å². The molecule has 0 atom stereocenters. The second kappa shape index (κ2) is 3.89. The lowest BCUT2D eigenvalue weighted by atomic mass is 10.3. The van der Waals surface area contributed by atoms with Crippen molar-refractivity contribution in [2.24, 2.45) is 0 Å². The molecule has 1 aromatic rings. The Bertz CT molecular complexity index is 303. The van der Waals surface area contributed by atoms with Crippen molar-refractivity contribution in [3.8, 4) is 0 Å². The summed E-state index contributed by atoms with van der Waals surface area (Å²) in [4.78, 5) is 15.2. The zero-order valence-corrected chi connectivity index (χ0v) is 7.70. The number of rotatable bonds is 2. The Hall–Kier alpha value is -1.58. The SMILES string of the molecule is CCOC(=O)c1cc(N)cc(C)n1. The molecule has 1 aromatic heterocycles. The first-order valence-electron chi connectivity index (χ1n) is 4.04. The van der Waals surface area contributed by atoms with Gasteiger partial charge in [-0.3, -0.25) is 0 Å². The first kappa shape index (κ1) is 9.51. The van der Waals surface area contributed by atoms with E-state index in [1.54, 1.807) is 19.9 Å². The predicted molar refractivity (Wildman–Crippen MR) is 49.3 cm³/mol. The molecule has 0 amide bonds. The molecule has 0 aliphatic carbocycles. The zero-order valence-electron chi connectivity index (χ0n) is 7.70. The van der Waals surface area contributed by atoms with Crippen molar-refractivity contribution in [1.29, 1.82) is 0 Å². The summed E-state index contributed by atoms with van der Waals surface area (Å²) in [7, 11) is 0. The lowest BCUT2D eigenvalue weighted by molar-refractivity contribution is 0.0519. The van der Waals surface area contributed by atoms with Gasteiger partial charge in [0.1, 0.15) is 0 Å². The van der Waals surface area contributed by atoms with E-state index in [1.165, 1.54) is 6.07 Å². The van der Waals surface area contributed by atoms with E-state index in [2.05, 4.69) is 4.98 Å². The normalized spacial score (nSPS) is 9.69. The van der Waals surface area contributed by atoms with Gasteiger partial charge in [0.15, 0.2) is 5.69 Å². The minimum absolute atomic E-state index is 0.263. The van der Waals surface area contributed by atoms with E-state index < -0.39 is 5.97 Å². The number of hydrogen-bond acceptors (Lipinski definition) is 4. The van der Waals surface area contributed by atoms with E-state index in [9.17, 15) is 4.79 Å². The van der Waals surface area contributed by atoms with Crippen LogP contribution in [0, 0.1) is 6.92 Å². The number of aryl methyl sites for hydroxylation is 1. The third kappa shape index (κ3) is 2.43. The number of anilines is 1.